The van der Waals surface area contributed by atoms with Crippen molar-refractivity contribution in [1.82, 2.24) is 0 Å². The number of rotatable bonds is 3. The van der Waals surface area contributed by atoms with Gasteiger partial charge in [-0.05, 0) is 45.4 Å². The van der Waals surface area contributed by atoms with E-state index in [0.717, 1.165) is 16.0 Å². The Hall–Kier alpha value is -1.34. The number of ether oxygens (including phenoxy) is 1. The van der Waals surface area contributed by atoms with Crippen LogP contribution in [0.5, 0.6) is 0 Å². The molecule has 0 aromatic heterocycles. The van der Waals surface area contributed by atoms with Gasteiger partial charge in [0.15, 0.2) is 0 Å². The van der Waals surface area contributed by atoms with Crippen molar-refractivity contribution >= 4 is 43.5 Å². The van der Waals surface area contributed by atoms with Crippen LogP contribution in [0.15, 0.2) is 24.3 Å². The maximum absolute atomic E-state index is 12.1. The highest BCUT2D eigenvalue weighted by molar-refractivity contribution is 9.09. The minimum Gasteiger partial charge on any atom is -0.443 e. The SMILES string of the molecule is CC(Br)c1ccc(N(C=S(=O)=O)C(=O)OC(C)(C)C)cc1. The Kier molecular flexibility index (Phi) is 5.98. The molecule has 0 spiro atoms. The Balaban J connectivity index is 3.14. The van der Waals surface area contributed by atoms with Crippen LogP contribution in [-0.2, 0) is 15.0 Å². The predicted octanol–water partition coefficient (Wildman–Crippen LogP) is 3.52. The van der Waals surface area contributed by atoms with E-state index in [-0.39, 0.29) is 4.83 Å². The van der Waals surface area contributed by atoms with Crippen molar-refractivity contribution in [3.05, 3.63) is 29.8 Å². The minimum atomic E-state index is -2.52. The molecule has 1 amide bonds. The average molecular weight is 376 g/mol. The van der Waals surface area contributed by atoms with E-state index in [0.29, 0.717) is 5.69 Å². The number of nitrogens with zero attached hydrogens (tertiary/aromatic N) is 1. The van der Waals surface area contributed by atoms with Crippen LogP contribution < -0.4 is 4.90 Å². The standard InChI is InChI=1S/C14H18BrNO4S/c1-10(15)11-5-7-12(8-6-11)16(9-21(18)19)13(17)20-14(2,3)4/h5-10H,1-4H3. The molecule has 0 saturated carbocycles. The second-order valence-electron chi connectivity index (χ2n) is 5.42. The second-order valence-corrected chi connectivity index (χ2v) is 7.53. The molecule has 0 radical (unpaired) electrons. The third kappa shape index (κ3) is 5.89. The first kappa shape index (κ1) is 17.7. The molecule has 21 heavy (non-hydrogen) atoms. The Labute approximate surface area is 134 Å². The lowest BCUT2D eigenvalue weighted by Gasteiger charge is -2.24. The zero-order valence-electron chi connectivity index (χ0n) is 12.3. The third-order valence-electron chi connectivity index (χ3n) is 2.41. The van der Waals surface area contributed by atoms with E-state index in [1.165, 1.54) is 0 Å². The fourth-order valence-corrected chi connectivity index (χ4v) is 2.19. The summed E-state index contributed by atoms with van der Waals surface area (Å²) in [5, 5.41) is 0. The van der Waals surface area contributed by atoms with Gasteiger partial charge >= 0.3 is 6.09 Å². The summed E-state index contributed by atoms with van der Waals surface area (Å²) in [5.74, 6) is 0. The van der Waals surface area contributed by atoms with E-state index in [1.54, 1.807) is 32.9 Å². The highest BCUT2D eigenvalue weighted by Crippen LogP contribution is 2.24. The van der Waals surface area contributed by atoms with Crippen molar-refractivity contribution in [2.75, 3.05) is 4.90 Å². The Morgan fingerprint density at radius 3 is 2.19 bits per heavy atom. The molecule has 0 N–H and O–H groups in total. The number of benzene rings is 1. The number of halogens is 1. The molecule has 1 aromatic rings. The zero-order chi connectivity index (χ0) is 16.2. The second kappa shape index (κ2) is 7.09. The number of hydrogen-bond acceptors (Lipinski definition) is 4. The summed E-state index contributed by atoms with van der Waals surface area (Å²) in [5.41, 5.74) is 1.52. The summed E-state index contributed by atoms with van der Waals surface area (Å²) in [7, 11) is -2.52. The van der Waals surface area contributed by atoms with E-state index in [4.69, 9.17) is 4.74 Å². The number of carbonyl (C=O) groups excluding carboxylic acids is 1. The number of alkyl halides is 1. The van der Waals surface area contributed by atoms with Crippen molar-refractivity contribution in [3.8, 4) is 0 Å². The van der Waals surface area contributed by atoms with Gasteiger partial charge in [0.25, 0.3) is 0 Å². The molecule has 1 aromatic carbocycles. The summed E-state index contributed by atoms with van der Waals surface area (Å²) in [4.78, 5) is 13.2. The molecule has 0 fully saturated rings. The molecular weight excluding hydrogens is 358 g/mol. The first-order chi connectivity index (χ1) is 9.60. The lowest BCUT2D eigenvalue weighted by molar-refractivity contribution is 0.0606. The van der Waals surface area contributed by atoms with Gasteiger partial charge in [-0.15, -0.1) is 0 Å². The molecule has 7 heteroatoms. The highest BCUT2D eigenvalue weighted by Gasteiger charge is 2.22. The normalized spacial score (nSPS) is 12.4. The smallest absolute Gasteiger partial charge is 0.419 e. The Bertz CT molecular complexity index is 622. The van der Waals surface area contributed by atoms with E-state index in [2.05, 4.69) is 15.9 Å². The van der Waals surface area contributed by atoms with Gasteiger partial charge in [-0.1, -0.05) is 28.1 Å². The van der Waals surface area contributed by atoms with Crippen LogP contribution in [0.25, 0.3) is 0 Å². The quantitative estimate of drug-likeness (QED) is 0.598. The summed E-state index contributed by atoms with van der Waals surface area (Å²) >= 11 is 3.44. The molecule has 1 atom stereocenters. The van der Waals surface area contributed by atoms with Crippen molar-refractivity contribution < 1.29 is 17.9 Å². The van der Waals surface area contributed by atoms with Crippen molar-refractivity contribution in [3.63, 3.8) is 0 Å². The van der Waals surface area contributed by atoms with Gasteiger partial charge in [0.05, 0.1) is 5.69 Å². The maximum Gasteiger partial charge on any atom is 0.419 e. The summed E-state index contributed by atoms with van der Waals surface area (Å²) in [6, 6.07) is 6.96. The summed E-state index contributed by atoms with van der Waals surface area (Å²) < 4.78 is 27.0. The van der Waals surface area contributed by atoms with Crippen LogP contribution in [0, 0.1) is 0 Å². The fourth-order valence-electron chi connectivity index (χ4n) is 1.51. The molecule has 1 unspecified atom stereocenters. The number of anilines is 1. The molecule has 0 bridgehead atoms. The minimum absolute atomic E-state index is 0.166. The number of amides is 1. The van der Waals surface area contributed by atoms with Gasteiger partial charge in [-0.25, -0.2) is 9.69 Å². The Morgan fingerprint density at radius 2 is 1.81 bits per heavy atom. The summed E-state index contributed by atoms with van der Waals surface area (Å²) in [6.45, 7) is 7.12. The monoisotopic (exact) mass is 375 g/mol. The van der Waals surface area contributed by atoms with Crippen LogP contribution >= 0.6 is 15.9 Å². The Morgan fingerprint density at radius 1 is 1.29 bits per heavy atom. The maximum atomic E-state index is 12.1. The molecular formula is C14H18BrNO4S. The van der Waals surface area contributed by atoms with Gasteiger partial charge in [0.2, 0.25) is 10.3 Å². The van der Waals surface area contributed by atoms with Crippen molar-refractivity contribution in [2.45, 2.75) is 38.1 Å². The molecule has 0 aliphatic carbocycles. The average Bonchev–Trinajstić information content (AvgIpc) is 2.33. The van der Waals surface area contributed by atoms with Crippen LogP contribution in [0.1, 0.15) is 38.1 Å². The topological polar surface area (TPSA) is 63.7 Å². The van der Waals surface area contributed by atoms with Gasteiger partial charge < -0.3 is 4.74 Å². The largest absolute Gasteiger partial charge is 0.443 e. The summed E-state index contributed by atoms with van der Waals surface area (Å²) in [6.07, 6.45) is -0.744. The highest BCUT2D eigenvalue weighted by atomic mass is 79.9. The van der Waals surface area contributed by atoms with Crippen molar-refractivity contribution in [2.24, 2.45) is 0 Å². The molecule has 0 saturated heterocycles. The molecule has 0 aliphatic heterocycles. The molecule has 5 nitrogen and oxygen atoms in total. The van der Waals surface area contributed by atoms with Crippen LogP contribution in [0.2, 0.25) is 0 Å². The number of hydrogen-bond donors (Lipinski definition) is 0. The molecule has 116 valence electrons. The van der Waals surface area contributed by atoms with Crippen LogP contribution in [-0.4, -0.2) is 25.6 Å². The third-order valence-corrected chi connectivity index (χ3v) is 3.32. The number of carbonyl (C=O) groups is 1. The molecule has 0 aliphatic rings. The lowest BCUT2D eigenvalue weighted by Crippen LogP contribution is -2.36. The first-order valence-corrected chi connectivity index (χ1v) is 8.35. The van der Waals surface area contributed by atoms with Gasteiger partial charge in [0, 0.05) is 4.83 Å². The first-order valence-electron chi connectivity index (χ1n) is 6.29. The van der Waals surface area contributed by atoms with E-state index < -0.39 is 22.0 Å². The van der Waals surface area contributed by atoms with Crippen LogP contribution in [0.3, 0.4) is 0 Å². The van der Waals surface area contributed by atoms with Gasteiger partial charge in [-0.3, -0.25) is 0 Å². The fraction of sp³-hybridized carbons (Fsp3) is 0.429. The van der Waals surface area contributed by atoms with Crippen molar-refractivity contribution in [1.29, 1.82) is 0 Å². The molecule has 1 rings (SSSR count). The van der Waals surface area contributed by atoms with E-state index in [9.17, 15) is 13.2 Å². The van der Waals surface area contributed by atoms with Gasteiger partial charge in [-0.2, -0.15) is 8.42 Å². The van der Waals surface area contributed by atoms with Crippen LogP contribution in [0.4, 0.5) is 10.5 Å². The van der Waals surface area contributed by atoms with E-state index in [1.807, 2.05) is 19.1 Å². The van der Waals surface area contributed by atoms with Gasteiger partial charge in [0.1, 0.15) is 11.1 Å². The molecule has 0 heterocycles. The predicted molar refractivity (Wildman–Crippen MR) is 87.5 cm³/mol. The van der Waals surface area contributed by atoms with E-state index >= 15 is 0 Å². The zero-order valence-corrected chi connectivity index (χ0v) is 14.7. The lowest BCUT2D eigenvalue weighted by atomic mass is 10.1.